The fraction of sp³-hybridized carbons (Fsp3) is 0.667. The third-order valence-electron chi connectivity index (χ3n) is 2.28. The summed E-state index contributed by atoms with van der Waals surface area (Å²) in [6.45, 7) is 3.87. The van der Waals surface area contributed by atoms with Gasteiger partial charge in [-0.3, -0.25) is 0 Å². The molecule has 1 aromatic heterocycles. The van der Waals surface area contributed by atoms with E-state index in [4.69, 9.17) is 4.74 Å². The van der Waals surface area contributed by atoms with Gasteiger partial charge in [0.2, 0.25) is 0 Å². The van der Waals surface area contributed by atoms with Crippen LogP contribution < -0.4 is 0 Å². The molecule has 0 bridgehead atoms. The van der Waals surface area contributed by atoms with E-state index in [1.54, 1.807) is 11.3 Å². The first-order valence-electron chi connectivity index (χ1n) is 4.36. The van der Waals surface area contributed by atoms with Crippen LogP contribution in [0.25, 0.3) is 0 Å². The number of hydrogen-bond donors (Lipinski definition) is 0. The van der Waals surface area contributed by atoms with Crippen molar-refractivity contribution in [3.63, 3.8) is 0 Å². The Bertz CT molecular complexity index is 253. The number of ether oxygens (including phenoxy) is 1. The second-order valence-corrected chi connectivity index (χ2v) is 4.24. The lowest BCUT2D eigenvalue weighted by Gasteiger charge is -2.19. The maximum absolute atomic E-state index is 5.30. The zero-order valence-electron chi connectivity index (χ0n) is 7.25. The highest BCUT2D eigenvalue weighted by Gasteiger charge is 2.17. The fourth-order valence-corrected chi connectivity index (χ4v) is 2.26. The topological polar surface area (TPSA) is 22.1 Å². The van der Waals surface area contributed by atoms with Crippen molar-refractivity contribution < 1.29 is 4.74 Å². The van der Waals surface area contributed by atoms with E-state index < -0.39 is 0 Å². The molecule has 0 aromatic carbocycles. The van der Waals surface area contributed by atoms with Gasteiger partial charge in [-0.2, -0.15) is 0 Å². The van der Waals surface area contributed by atoms with Crippen LogP contribution in [0.15, 0.2) is 5.38 Å². The third kappa shape index (κ3) is 1.67. The van der Waals surface area contributed by atoms with Crippen LogP contribution in [0.3, 0.4) is 0 Å². The molecule has 1 fully saturated rings. The average molecular weight is 183 g/mol. The molecule has 0 spiro atoms. The normalized spacial score (nSPS) is 19.8. The molecule has 2 nitrogen and oxygen atoms in total. The second kappa shape index (κ2) is 3.54. The van der Waals surface area contributed by atoms with Crippen LogP contribution in [0.5, 0.6) is 0 Å². The number of thiazole rings is 1. The Morgan fingerprint density at radius 1 is 1.50 bits per heavy atom. The van der Waals surface area contributed by atoms with Crippen LogP contribution in [-0.2, 0) is 4.74 Å². The van der Waals surface area contributed by atoms with Gasteiger partial charge in [0, 0.05) is 24.5 Å². The van der Waals surface area contributed by atoms with Crippen LogP contribution in [0.2, 0.25) is 0 Å². The highest BCUT2D eigenvalue weighted by atomic mass is 32.1. The van der Waals surface area contributed by atoms with Gasteiger partial charge in [-0.05, 0) is 19.8 Å². The highest BCUT2D eigenvalue weighted by molar-refractivity contribution is 7.09. The van der Waals surface area contributed by atoms with E-state index >= 15 is 0 Å². The number of aromatic nitrogens is 1. The lowest BCUT2D eigenvalue weighted by atomic mass is 9.98. The molecule has 0 amide bonds. The maximum Gasteiger partial charge on any atom is 0.0897 e. The van der Waals surface area contributed by atoms with Crippen molar-refractivity contribution in [2.24, 2.45) is 0 Å². The number of aryl methyl sites for hydroxylation is 1. The summed E-state index contributed by atoms with van der Waals surface area (Å²) in [4.78, 5) is 4.50. The summed E-state index contributed by atoms with van der Waals surface area (Å²) >= 11 is 1.75. The van der Waals surface area contributed by atoms with E-state index in [2.05, 4.69) is 17.3 Å². The summed E-state index contributed by atoms with van der Waals surface area (Å²) in [7, 11) is 0. The van der Waals surface area contributed by atoms with E-state index in [0.717, 1.165) is 26.1 Å². The van der Waals surface area contributed by atoms with E-state index in [9.17, 15) is 0 Å². The molecule has 12 heavy (non-hydrogen) atoms. The summed E-state index contributed by atoms with van der Waals surface area (Å²) in [5.74, 6) is 0.656. The van der Waals surface area contributed by atoms with Gasteiger partial charge in [-0.25, -0.2) is 4.98 Å². The fourth-order valence-electron chi connectivity index (χ4n) is 1.56. The summed E-state index contributed by atoms with van der Waals surface area (Å²) < 4.78 is 5.30. The Kier molecular flexibility index (Phi) is 2.42. The minimum atomic E-state index is 0.656. The molecule has 2 heterocycles. The Balaban J connectivity index is 2.08. The van der Waals surface area contributed by atoms with Gasteiger partial charge in [0.05, 0.1) is 10.7 Å². The molecule has 66 valence electrons. The zero-order chi connectivity index (χ0) is 8.39. The molecule has 3 heteroatoms. The van der Waals surface area contributed by atoms with Crippen LogP contribution in [0.4, 0.5) is 0 Å². The minimum absolute atomic E-state index is 0.656. The largest absolute Gasteiger partial charge is 0.381 e. The van der Waals surface area contributed by atoms with Crippen LogP contribution in [0, 0.1) is 6.92 Å². The lowest BCUT2D eigenvalue weighted by Crippen LogP contribution is -2.14. The predicted molar refractivity (Wildman–Crippen MR) is 49.6 cm³/mol. The molecule has 1 saturated heterocycles. The molecular weight excluding hydrogens is 170 g/mol. The van der Waals surface area contributed by atoms with Gasteiger partial charge in [0.1, 0.15) is 0 Å². The van der Waals surface area contributed by atoms with Crippen molar-refractivity contribution >= 4 is 11.3 Å². The van der Waals surface area contributed by atoms with Crippen molar-refractivity contribution in [3.8, 4) is 0 Å². The SMILES string of the molecule is Cc1nc(C2CCOCC2)cs1. The van der Waals surface area contributed by atoms with E-state index in [1.807, 2.05) is 0 Å². The number of rotatable bonds is 1. The van der Waals surface area contributed by atoms with Crippen LogP contribution in [0.1, 0.15) is 29.5 Å². The van der Waals surface area contributed by atoms with Gasteiger partial charge in [-0.1, -0.05) is 0 Å². The molecule has 1 aliphatic heterocycles. The number of nitrogens with zero attached hydrogens (tertiary/aromatic N) is 1. The first-order valence-corrected chi connectivity index (χ1v) is 5.24. The monoisotopic (exact) mass is 183 g/mol. The van der Waals surface area contributed by atoms with E-state index in [1.165, 1.54) is 10.7 Å². The maximum atomic E-state index is 5.30. The van der Waals surface area contributed by atoms with Crippen molar-refractivity contribution in [1.82, 2.24) is 4.98 Å². The molecule has 1 aliphatic rings. The van der Waals surface area contributed by atoms with Crippen molar-refractivity contribution in [1.29, 1.82) is 0 Å². The molecular formula is C9H13NOS. The molecule has 1 aromatic rings. The first kappa shape index (κ1) is 8.20. The Morgan fingerprint density at radius 2 is 2.25 bits per heavy atom. The average Bonchev–Trinajstić information content (AvgIpc) is 2.54. The van der Waals surface area contributed by atoms with Gasteiger partial charge in [-0.15, -0.1) is 11.3 Å². The van der Waals surface area contributed by atoms with Gasteiger partial charge in [0.25, 0.3) is 0 Å². The standard InChI is InChI=1S/C9H13NOS/c1-7-10-9(6-12-7)8-2-4-11-5-3-8/h6,8H,2-5H2,1H3. The molecule has 0 aliphatic carbocycles. The predicted octanol–water partition coefficient (Wildman–Crippen LogP) is 2.35. The van der Waals surface area contributed by atoms with Gasteiger partial charge >= 0.3 is 0 Å². The van der Waals surface area contributed by atoms with Crippen molar-refractivity contribution in [3.05, 3.63) is 16.1 Å². The molecule has 0 atom stereocenters. The highest BCUT2D eigenvalue weighted by Crippen LogP contribution is 2.27. The van der Waals surface area contributed by atoms with E-state index in [0.29, 0.717) is 5.92 Å². The number of hydrogen-bond acceptors (Lipinski definition) is 3. The Labute approximate surface area is 76.6 Å². The van der Waals surface area contributed by atoms with E-state index in [-0.39, 0.29) is 0 Å². The van der Waals surface area contributed by atoms with Crippen LogP contribution in [-0.4, -0.2) is 18.2 Å². The molecule has 2 rings (SSSR count). The van der Waals surface area contributed by atoms with Crippen LogP contribution >= 0.6 is 11.3 Å². The minimum Gasteiger partial charge on any atom is -0.381 e. The van der Waals surface area contributed by atoms with Gasteiger partial charge < -0.3 is 4.74 Å². The Hall–Kier alpha value is -0.410. The molecule has 0 radical (unpaired) electrons. The smallest absolute Gasteiger partial charge is 0.0897 e. The summed E-state index contributed by atoms with van der Waals surface area (Å²) in [6, 6.07) is 0. The zero-order valence-corrected chi connectivity index (χ0v) is 8.06. The quantitative estimate of drug-likeness (QED) is 0.666. The summed E-state index contributed by atoms with van der Waals surface area (Å²) in [5, 5.41) is 3.36. The Morgan fingerprint density at radius 3 is 2.83 bits per heavy atom. The second-order valence-electron chi connectivity index (χ2n) is 3.18. The summed E-state index contributed by atoms with van der Waals surface area (Å²) in [5.41, 5.74) is 1.28. The molecule has 0 unspecified atom stereocenters. The lowest BCUT2D eigenvalue weighted by molar-refractivity contribution is 0.0846. The molecule has 0 saturated carbocycles. The summed E-state index contributed by atoms with van der Waals surface area (Å²) in [6.07, 6.45) is 2.28. The van der Waals surface area contributed by atoms with Crippen molar-refractivity contribution in [2.75, 3.05) is 13.2 Å². The first-order chi connectivity index (χ1) is 5.86. The molecule has 0 N–H and O–H groups in total. The third-order valence-corrected chi connectivity index (χ3v) is 3.07. The van der Waals surface area contributed by atoms with Crippen molar-refractivity contribution in [2.45, 2.75) is 25.7 Å². The van der Waals surface area contributed by atoms with Gasteiger partial charge in [0.15, 0.2) is 0 Å².